The lowest BCUT2D eigenvalue weighted by atomic mass is 10.1. The number of carbonyl (C=O) groups is 2. The van der Waals surface area contributed by atoms with Crippen LogP contribution in [0.15, 0.2) is 42.5 Å². The molecule has 0 unspecified atom stereocenters. The summed E-state index contributed by atoms with van der Waals surface area (Å²) >= 11 is 0. The van der Waals surface area contributed by atoms with Crippen LogP contribution >= 0.6 is 0 Å². The second-order valence-corrected chi connectivity index (χ2v) is 9.83. The van der Waals surface area contributed by atoms with Crippen molar-refractivity contribution in [3.05, 3.63) is 59.2 Å². The van der Waals surface area contributed by atoms with E-state index in [9.17, 15) is 18.0 Å². The number of hydrogen-bond donors (Lipinski definition) is 1. The van der Waals surface area contributed by atoms with E-state index in [0.29, 0.717) is 17.9 Å². The Hall–Kier alpha value is -3.07. The monoisotopic (exact) mass is 475 g/mol. The van der Waals surface area contributed by atoms with Crippen LogP contribution in [0.1, 0.15) is 30.0 Å². The van der Waals surface area contributed by atoms with Gasteiger partial charge in [-0.05, 0) is 49.1 Å². The molecule has 1 N–H and O–H groups in total. The van der Waals surface area contributed by atoms with Crippen molar-refractivity contribution in [2.45, 2.75) is 39.8 Å². The third-order valence-electron chi connectivity index (χ3n) is 5.49. The van der Waals surface area contributed by atoms with E-state index in [1.54, 1.807) is 51.3 Å². The highest BCUT2D eigenvalue weighted by Gasteiger charge is 2.32. The molecule has 0 fully saturated rings. The minimum atomic E-state index is -3.77. The normalized spacial score (nSPS) is 12.1. The molecule has 0 aliphatic carbocycles. The van der Waals surface area contributed by atoms with Gasteiger partial charge in [0.25, 0.3) is 0 Å². The van der Waals surface area contributed by atoms with E-state index in [4.69, 9.17) is 4.74 Å². The molecular weight excluding hydrogens is 442 g/mol. The molecule has 33 heavy (non-hydrogen) atoms. The largest absolute Gasteiger partial charge is 0.497 e. The summed E-state index contributed by atoms with van der Waals surface area (Å²) in [6.07, 6.45) is 1.45. The predicted molar refractivity (Wildman–Crippen MR) is 130 cm³/mol. The number of likely N-dealkylation sites (N-methyl/N-ethyl adjacent to an activating group) is 1. The minimum Gasteiger partial charge on any atom is -0.497 e. The molecule has 0 aliphatic heterocycles. The number of amides is 2. The Morgan fingerprint density at radius 3 is 2.21 bits per heavy atom. The fourth-order valence-corrected chi connectivity index (χ4v) is 4.79. The Labute approximate surface area is 196 Å². The average Bonchev–Trinajstić information content (AvgIpc) is 2.77. The zero-order valence-corrected chi connectivity index (χ0v) is 20.9. The highest BCUT2D eigenvalue weighted by molar-refractivity contribution is 7.92. The average molecular weight is 476 g/mol. The molecule has 2 rings (SSSR count). The van der Waals surface area contributed by atoms with Crippen molar-refractivity contribution in [1.82, 2.24) is 10.2 Å². The molecule has 0 saturated heterocycles. The van der Waals surface area contributed by atoms with Crippen LogP contribution in [0.5, 0.6) is 5.75 Å². The van der Waals surface area contributed by atoms with Gasteiger partial charge in [0.1, 0.15) is 18.3 Å². The second kappa shape index (κ2) is 11.2. The van der Waals surface area contributed by atoms with E-state index in [1.165, 1.54) is 11.9 Å². The Morgan fingerprint density at radius 1 is 1.09 bits per heavy atom. The summed E-state index contributed by atoms with van der Waals surface area (Å²) in [5.74, 6) is -0.158. The molecule has 0 bridgehead atoms. The molecule has 0 aliphatic rings. The van der Waals surface area contributed by atoms with Crippen LogP contribution < -0.4 is 14.4 Å². The van der Waals surface area contributed by atoms with Crippen molar-refractivity contribution in [3.8, 4) is 5.75 Å². The van der Waals surface area contributed by atoms with Crippen molar-refractivity contribution in [2.24, 2.45) is 0 Å². The summed E-state index contributed by atoms with van der Waals surface area (Å²) in [5.41, 5.74) is 2.72. The first-order chi connectivity index (χ1) is 15.5. The molecule has 8 nitrogen and oxygen atoms in total. The summed E-state index contributed by atoms with van der Waals surface area (Å²) in [6.45, 7) is 5.14. The fraction of sp³-hybridized carbons (Fsp3) is 0.417. The van der Waals surface area contributed by atoms with Crippen LogP contribution in [0.3, 0.4) is 0 Å². The first kappa shape index (κ1) is 26.2. The number of hydrogen-bond acceptors (Lipinski definition) is 5. The van der Waals surface area contributed by atoms with Crippen molar-refractivity contribution >= 4 is 27.5 Å². The number of aryl methyl sites for hydroxylation is 2. The van der Waals surface area contributed by atoms with E-state index >= 15 is 0 Å². The number of rotatable bonds is 10. The van der Waals surface area contributed by atoms with Gasteiger partial charge in [0.05, 0.1) is 19.1 Å². The molecule has 0 heterocycles. The summed E-state index contributed by atoms with van der Waals surface area (Å²) < 4.78 is 31.8. The lowest BCUT2D eigenvalue weighted by Crippen LogP contribution is -2.51. The van der Waals surface area contributed by atoms with E-state index in [1.807, 2.05) is 19.1 Å². The summed E-state index contributed by atoms with van der Waals surface area (Å²) in [6, 6.07) is 11.9. The van der Waals surface area contributed by atoms with Gasteiger partial charge in [-0.1, -0.05) is 37.3 Å². The number of para-hydroxylation sites is 1. The number of benzene rings is 2. The van der Waals surface area contributed by atoms with Crippen molar-refractivity contribution < 1.29 is 22.7 Å². The molecule has 0 saturated carbocycles. The topological polar surface area (TPSA) is 96.0 Å². The maximum absolute atomic E-state index is 13.6. The van der Waals surface area contributed by atoms with E-state index in [0.717, 1.165) is 27.3 Å². The van der Waals surface area contributed by atoms with Crippen molar-refractivity contribution in [3.63, 3.8) is 0 Å². The number of carbonyl (C=O) groups excluding carboxylic acids is 2. The van der Waals surface area contributed by atoms with E-state index in [-0.39, 0.29) is 12.5 Å². The Kier molecular flexibility index (Phi) is 8.87. The SMILES string of the molecule is CC[C@@H](C(=O)NC)N(Cc1cccc(OC)c1)C(=O)CN(c1c(C)cccc1C)S(C)(=O)=O. The zero-order chi connectivity index (χ0) is 24.8. The first-order valence-corrected chi connectivity index (χ1v) is 12.6. The Balaban J connectivity index is 2.50. The van der Waals surface area contributed by atoms with Gasteiger partial charge in [0, 0.05) is 13.6 Å². The Bertz CT molecular complexity index is 1080. The van der Waals surface area contributed by atoms with Crippen LogP contribution in [-0.4, -0.2) is 58.1 Å². The number of sulfonamides is 1. The standard InChI is InChI=1S/C24H33N3O5S/c1-7-21(24(29)25-4)26(15-19-12-9-13-20(14-19)32-5)22(28)16-27(33(6,30)31)23-17(2)10-8-11-18(23)3/h8-14,21H,7,15-16H2,1-6H3,(H,25,29)/t21-/m0/s1. The number of methoxy groups -OCH3 is 1. The summed E-state index contributed by atoms with van der Waals surface area (Å²) in [4.78, 5) is 27.6. The molecule has 2 aromatic carbocycles. The quantitative estimate of drug-likeness (QED) is 0.570. The van der Waals surface area contributed by atoms with Crippen molar-refractivity contribution in [1.29, 1.82) is 0 Å². The molecule has 0 spiro atoms. The molecule has 9 heteroatoms. The maximum Gasteiger partial charge on any atom is 0.244 e. The zero-order valence-electron chi connectivity index (χ0n) is 20.1. The van der Waals surface area contributed by atoms with E-state index in [2.05, 4.69) is 5.32 Å². The smallest absolute Gasteiger partial charge is 0.244 e. The summed E-state index contributed by atoms with van der Waals surface area (Å²) in [5, 5.41) is 2.60. The number of anilines is 1. The molecule has 180 valence electrons. The van der Waals surface area contributed by atoms with Gasteiger partial charge in [-0.15, -0.1) is 0 Å². The Morgan fingerprint density at radius 2 is 1.70 bits per heavy atom. The first-order valence-electron chi connectivity index (χ1n) is 10.7. The molecule has 0 radical (unpaired) electrons. The van der Waals surface area contributed by atoms with E-state index < -0.39 is 28.5 Å². The van der Waals surface area contributed by atoms with Crippen LogP contribution in [-0.2, 0) is 26.2 Å². The van der Waals surface area contributed by atoms with Gasteiger partial charge in [0.15, 0.2) is 0 Å². The van der Waals surface area contributed by atoms with Gasteiger partial charge >= 0.3 is 0 Å². The van der Waals surface area contributed by atoms with Gasteiger partial charge in [-0.2, -0.15) is 0 Å². The highest BCUT2D eigenvalue weighted by Crippen LogP contribution is 2.27. The van der Waals surface area contributed by atoms with Gasteiger partial charge < -0.3 is 15.0 Å². The van der Waals surface area contributed by atoms with Crippen molar-refractivity contribution in [2.75, 3.05) is 31.3 Å². The second-order valence-electron chi connectivity index (χ2n) is 7.92. The maximum atomic E-state index is 13.6. The molecule has 2 amide bonds. The highest BCUT2D eigenvalue weighted by atomic mass is 32.2. The minimum absolute atomic E-state index is 0.131. The predicted octanol–water partition coefficient (Wildman–Crippen LogP) is 2.63. The lowest BCUT2D eigenvalue weighted by molar-refractivity contribution is -0.140. The fourth-order valence-electron chi connectivity index (χ4n) is 3.83. The number of ether oxygens (including phenoxy) is 1. The van der Waals surface area contributed by atoms with Crippen LogP contribution in [0.2, 0.25) is 0 Å². The lowest BCUT2D eigenvalue weighted by Gasteiger charge is -2.33. The molecular formula is C24H33N3O5S. The number of nitrogens with one attached hydrogen (secondary N) is 1. The van der Waals surface area contributed by atoms with Crippen LogP contribution in [0, 0.1) is 13.8 Å². The summed E-state index contributed by atoms with van der Waals surface area (Å²) in [7, 11) is -0.704. The van der Waals surface area contributed by atoms with Crippen LogP contribution in [0.25, 0.3) is 0 Å². The number of nitrogens with zero attached hydrogens (tertiary/aromatic N) is 2. The molecule has 2 aromatic rings. The van der Waals surface area contributed by atoms with Gasteiger partial charge in [-0.3, -0.25) is 13.9 Å². The molecule has 0 aromatic heterocycles. The van der Waals surface area contributed by atoms with Gasteiger partial charge in [0.2, 0.25) is 21.8 Å². The third kappa shape index (κ3) is 6.47. The van der Waals surface area contributed by atoms with Gasteiger partial charge in [-0.25, -0.2) is 8.42 Å². The van der Waals surface area contributed by atoms with Crippen LogP contribution in [0.4, 0.5) is 5.69 Å². The molecule has 1 atom stereocenters. The third-order valence-corrected chi connectivity index (χ3v) is 6.60.